The Labute approximate surface area is 211 Å². The zero-order valence-electron chi connectivity index (χ0n) is 20.5. The molecule has 3 aromatic carbocycles. The molecule has 1 aliphatic heterocycles. The van der Waals surface area contributed by atoms with Crippen LogP contribution in [0.4, 0.5) is 0 Å². The lowest BCUT2D eigenvalue weighted by atomic mass is 10.0. The lowest BCUT2D eigenvalue weighted by Gasteiger charge is -2.22. The highest BCUT2D eigenvalue weighted by Crippen LogP contribution is 2.33. The molecular weight excluding hydrogens is 454 g/mol. The summed E-state index contributed by atoms with van der Waals surface area (Å²) in [7, 11) is 0. The van der Waals surface area contributed by atoms with Gasteiger partial charge in [-0.15, -0.1) is 0 Å². The molecule has 1 aromatic heterocycles. The molecule has 4 aromatic rings. The highest BCUT2D eigenvalue weighted by molar-refractivity contribution is 5.86. The molecule has 0 bridgehead atoms. The minimum absolute atomic E-state index is 0.101. The van der Waals surface area contributed by atoms with Crippen molar-refractivity contribution in [1.82, 2.24) is 4.98 Å². The number of nitrogens with zero attached hydrogens (tertiary/aromatic N) is 1. The minimum atomic E-state index is 0.101. The molecule has 0 amide bonds. The van der Waals surface area contributed by atoms with Gasteiger partial charge in [-0.25, -0.2) is 4.98 Å². The molecule has 0 saturated carbocycles. The van der Waals surface area contributed by atoms with E-state index in [1.54, 1.807) is 12.1 Å². The maximum atomic E-state index is 10.2. The number of phenols is 1. The summed E-state index contributed by atoms with van der Waals surface area (Å²) in [5.41, 5.74) is 3.66. The predicted octanol–water partition coefficient (Wildman–Crippen LogP) is 6.21. The summed E-state index contributed by atoms with van der Waals surface area (Å²) < 4.78 is 23.7. The van der Waals surface area contributed by atoms with Gasteiger partial charge in [-0.2, -0.15) is 0 Å². The van der Waals surface area contributed by atoms with Gasteiger partial charge in [0.25, 0.3) is 0 Å². The van der Waals surface area contributed by atoms with Crippen LogP contribution in [0.25, 0.3) is 10.9 Å². The summed E-state index contributed by atoms with van der Waals surface area (Å²) in [6.45, 7) is 4.86. The molecule has 1 aliphatic rings. The van der Waals surface area contributed by atoms with E-state index in [0.29, 0.717) is 30.6 Å². The zero-order chi connectivity index (χ0) is 24.7. The number of ether oxygens (including phenoxy) is 4. The number of aromatic nitrogens is 1. The van der Waals surface area contributed by atoms with Crippen molar-refractivity contribution in [3.05, 3.63) is 89.6 Å². The second-order valence-corrected chi connectivity index (χ2v) is 9.12. The molecular formula is C30H31NO5. The molecule has 6 nitrogen and oxygen atoms in total. The highest BCUT2D eigenvalue weighted by atomic mass is 16.5. The fraction of sp³-hybridized carbons (Fsp3) is 0.300. The maximum absolute atomic E-state index is 10.2. The Hall–Kier alpha value is -3.77. The Bertz CT molecular complexity index is 1300. The van der Waals surface area contributed by atoms with E-state index < -0.39 is 0 Å². The summed E-state index contributed by atoms with van der Waals surface area (Å²) >= 11 is 0. The largest absolute Gasteiger partial charge is 0.508 e. The molecule has 0 atom stereocenters. The average molecular weight is 486 g/mol. The first-order chi connectivity index (χ1) is 17.7. The number of aromatic hydroxyl groups is 1. The number of benzene rings is 3. The number of hydrogen-bond acceptors (Lipinski definition) is 6. The van der Waals surface area contributed by atoms with Gasteiger partial charge in [-0.1, -0.05) is 42.5 Å². The molecule has 1 saturated heterocycles. The summed E-state index contributed by atoms with van der Waals surface area (Å²) in [6, 6.07) is 23.1. The van der Waals surface area contributed by atoms with Crippen LogP contribution in [0.5, 0.6) is 23.0 Å². The van der Waals surface area contributed by atoms with Crippen molar-refractivity contribution >= 4 is 10.9 Å². The first-order valence-corrected chi connectivity index (χ1v) is 12.4. The molecule has 0 unspecified atom stereocenters. The standard InChI is InChI=1S/C30H31NO5/c1-21-29(20-35-26-16-24(32)15-25(17-26)34-18-23-11-13-33-14-12-23)31-28-10-6-5-9-27(28)30(21)36-19-22-7-3-2-4-8-22/h2-10,15-17,23,32H,11-14,18-20H2,1H3. The van der Waals surface area contributed by atoms with Gasteiger partial charge in [0.1, 0.15) is 36.2 Å². The number of para-hydroxylation sites is 1. The van der Waals surface area contributed by atoms with E-state index in [-0.39, 0.29) is 12.4 Å². The third kappa shape index (κ3) is 5.89. The SMILES string of the molecule is Cc1c(COc2cc(O)cc(OCC3CCOCC3)c2)nc2ccccc2c1OCc1ccccc1. The van der Waals surface area contributed by atoms with Crippen LogP contribution >= 0.6 is 0 Å². The van der Waals surface area contributed by atoms with Crippen LogP contribution in [0.3, 0.4) is 0 Å². The molecule has 0 radical (unpaired) electrons. The van der Waals surface area contributed by atoms with E-state index in [1.165, 1.54) is 0 Å². The van der Waals surface area contributed by atoms with Crippen LogP contribution in [0.15, 0.2) is 72.8 Å². The van der Waals surface area contributed by atoms with Crippen LogP contribution in [0, 0.1) is 12.8 Å². The minimum Gasteiger partial charge on any atom is -0.508 e. The van der Waals surface area contributed by atoms with Gasteiger partial charge in [-0.3, -0.25) is 0 Å². The maximum Gasteiger partial charge on any atom is 0.134 e. The lowest BCUT2D eigenvalue weighted by Crippen LogP contribution is -2.21. The van der Waals surface area contributed by atoms with Crippen molar-refractivity contribution in [3.8, 4) is 23.0 Å². The van der Waals surface area contributed by atoms with Gasteiger partial charge in [0.05, 0.1) is 17.8 Å². The van der Waals surface area contributed by atoms with Crippen molar-refractivity contribution in [3.63, 3.8) is 0 Å². The van der Waals surface area contributed by atoms with Gasteiger partial charge in [-0.05, 0) is 43.4 Å². The Morgan fingerprint density at radius 3 is 2.39 bits per heavy atom. The summed E-state index contributed by atoms with van der Waals surface area (Å²) in [6.07, 6.45) is 1.98. The van der Waals surface area contributed by atoms with E-state index in [0.717, 1.165) is 59.5 Å². The molecule has 36 heavy (non-hydrogen) atoms. The number of phenolic OH excluding ortho intramolecular Hbond substituents is 1. The van der Waals surface area contributed by atoms with E-state index in [4.69, 9.17) is 23.9 Å². The number of fused-ring (bicyclic) bond motifs is 1. The molecule has 6 heteroatoms. The Morgan fingerprint density at radius 1 is 0.861 bits per heavy atom. The van der Waals surface area contributed by atoms with Crippen LogP contribution < -0.4 is 14.2 Å². The summed E-state index contributed by atoms with van der Waals surface area (Å²) in [5, 5.41) is 11.2. The van der Waals surface area contributed by atoms with E-state index in [9.17, 15) is 5.11 Å². The van der Waals surface area contributed by atoms with Gasteiger partial charge >= 0.3 is 0 Å². The Morgan fingerprint density at radius 2 is 1.58 bits per heavy atom. The molecule has 186 valence electrons. The molecule has 1 N–H and O–H groups in total. The quantitative estimate of drug-likeness (QED) is 0.304. The topological polar surface area (TPSA) is 70.0 Å². The molecule has 2 heterocycles. The van der Waals surface area contributed by atoms with Crippen molar-refractivity contribution in [2.45, 2.75) is 33.0 Å². The van der Waals surface area contributed by atoms with Gasteiger partial charge in [0.15, 0.2) is 0 Å². The second-order valence-electron chi connectivity index (χ2n) is 9.12. The molecule has 1 fully saturated rings. The highest BCUT2D eigenvalue weighted by Gasteiger charge is 2.16. The third-order valence-electron chi connectivity index (χ3n) is 6.47. The average Bonchev–Trinajstić information content (AvgIpc) is 2.91. The van der Waals surface area contributed by atoms with E-state index >= 15 is 0 Å². The van der Waals surface area contributed by atoms with Crippen molar-refractivity contribution in [1.29, 1.82) is 0 Å². The Balaban J connectivity index is 1.32. The monoisotopic (exact) mass is 485 g/mol. The van der Waals surface area contributed by atoms with E-state index in [2.05, 4.69) is 0 Å². The Kier molecular flexibility index (Phi) is 7.52. The number of hydrogen-bond donors (Lipinski definition) is 1. The second kappa shape index (κ2) is 11.3. The molecule has 0 spiro atoms. The van der Waals surface area contributed by atoms with Crippen LogP contribution in [0.2, 0.25) is 0 Å². The zero-order valence-corrected chi connectivity index (χ0v) is 20.5. The van der Waals surface area contributed by atoms with Gasteiger partial charge in [0.2, 0.25) is 0 Å². The predicted molar refractivity (Wildman–Crippen MR) is 139 cm³/mol. The normalized spacial score (nSPS) is 14.0. The fourth-order valence-corrected chi connectivity index (χ4v) is 4.38. The van der Waals surface area contributed by atoms with Gasteiger partial charge < -0.3 is 24.1 Å². The smallest absolute Gasteiger partial charge is 0.134 e. The van der Waals surface area contributed by atoms with Crippen molar-refractivity contribution in [2.24, 2.45) is 5.92 Å². The van der Waals surface area contributed by atoms with E-state index in [1.807, 2.05) is 67.6 Å². The number of pyridine rings is 1. The lowest BCUT2D eigenvalue weighted by molar-refractivity contribution is 0.0497. The fourth-order valence-electron chi connectivity index (χ4n) is 4.38. The van der Waals surface area contributed by atoms with Gasteiger partial charge in [0, 0.05) is 42.4 Å². The van der Waals surface area contributed by atoms with Crippen molar-refractivity contribution in [2.75, 3.05) is 19.8 Å². The number of rotatable bonds is 9. The van der Waals surface area contributed by atoms with Crippen molar-refractivity contribution < 1.29 is 24.1 Å². The first kappa shape index (κ1) is 23.9. The molecule has 5 rings (SSSR count). The molecule has 0 aliphatic carbocycles. The third-order valence-corrected chi connectivity index (χ3v) is 6.47. The summed E-state index contributed by atoms with van der Waals surface area (Å²) in [4.78, 5) is 4.84. The van der Waals surface area contributed by atoms with Crippen LogP contribution in [-0.2, 0) is 18.0 Å². The van der Waals surface area contributed by atoms with Crippen LogP contribution in [0.1, 0.15) is 29.7 Å². The summed E-state index contributed by atoms with van der Waals surface area (Å²) in [5.74, 6) is 2.48. The van der Waals surface area contributed by atoms with Crippen LogP contribution in [-0.4, -0.2) is 29.9 Å². The first-order valence-electron chi connectivity index (χ1n) is 12.4.